The Kier molecular flexibility index (Phi) is 5.20. The molecule has 0 saturated carbocycles. The van der Waals surface area contributed by atoms with Gasteiger partial charge in [0.05, 0.1) is 4.99 Å². The van der Waals surface area contributed by atoms with Gasteiger partial charge in [0.1, 0.15) is 0 Å². The van der Waals surface area contributed by atoms with Gasteiger partial charge >= 0.3 is 0 Å². The zero-order chi connectivity index (χ0) is 10.6. The molecule has 1 aliphatic rings. The van der Waals surface area contributed by atoms with Crippen molar-refractivity contribution in [2.45, 2.75) is 38.0 Å². The molecule has 0 aliphatic carbocycles. The fourth-order valence-electron chi connectivity index (χ4n) is 1.77. The largest absolute Gasteiger partial charge is 0.393 e. The van der Waals surface area contributed by atoms with Crippen LogP contribution in [0.1, 0.15) is 26.7 Å². The zero-order valence-electron chi connectivity index (χ0n) is 9.03. The highest BCUT2D eigenvalue weighted by Gasteiger charge is 2.24. The first-order valence-electron chi connectivity index (χ1n) is 5.25. The van der Waals surface area contributed by atoms with Gasteiger partial charge in [-0.05, 0) is 26.3 Å². The summed E-state index contributed by atoms with van der Waals surface area (Å²) in [5, 5.41) is 0.758. The molecule has 1 fully saturated rings. The molecule has 1 rings (SSSR count). The van der Waals surface area contributed by atoms with Gasteiger partial charge in [-0.15, -0.1) is 0 Å². The SMILES string of the molecule is CC1SCCN(CCCC(N)=S)C1C. The van der Waals surface area contributed by atoms with E-state index in [1.165, 1.54) is 12.3 Å². The van der Waals surface area contributed by atoms with E-state index < -0.39 is 0 Å². The summed E-state index contributed by atoms with van der Waals surface area (Å²) >= 11 is 6.95. The van der Waals surface area contributed by atoms with Crippen LogP contribution < -0.4 is 5.73 Å². The number of nitrogens with two attached hydrogens (primary N) is 1. The molecule has 0 spiro atoms. The normalized spacial score (nSPS) is 29.0. The fraction of sp³-hybridized carbons (Fsp3) is 0.900. The van der Waals surface area contributed by atoms with Crippen molar-refractivity contribution in [2.24, 2.45) is 5.73 Å². The first-order chi connectivity index (χ1) is 6.61. The van der Waals surface area contributed by atoms with Crippen molar-refractivity contribution < 1.29 is 0 Å². The lowest BCUT2D eigenvalue weighted by molar-refractivity contribution is 0.212. The van der Waals surface area contributed by atoms with Gasteiger partial charge in [0, 0.05) is 23.6 Å². The van der Waals surface area contributed by atoms with Crippen LogP contribution in [-0.2, 0) is 0 Å². The average Bonchev–Trinajstić information content (AvgIpc) is 2.12. The van der Waals surface area contributed by atoms with Crippen LogP contribution in [0.4, 0.5) is 0 Å². The van der Waals surface area contributed by atoms with Gasteiger partial charge in [-0.1, -0.05) is 19.1 Å². The summed E-state index contributed by atoms with van der Waals surface area (Å²) in [6.45, 7) is 6.99. The number of thiocarbonyl (C=S) groups is 1. The van der Waals surface area contributed by atoms with Gasteiger partial charge in [0.15, 0.2) is 0 Å². The predicted molar refractivity (Wildman–Crippen MR) is 69.0 cm³/mol. The fourth-order valence-corrected chi connectivity index (χ4v) is 3.07. The third-order valence-electron chi connectivity index (χ3n) is 2.88. The van der Waals surface area contributed by atoms with E-state index in [0.717, 1.165) is 24.6 Å². The molecular formula is C10H20N2S2. The molecule has 0 aromatic rings. The molecule has 1 aliphatic heterocycles. The molecule has 0 amide bonds. The van der Waals surface area contributed by atoms with Crippen molar-refractivity contribution in [1.29, 1.82) is 0 Å². The summed E-state index contributed by atoms with van der Waals surface area (Å²) in [7, 11) is 0. The number of nitrogens with zero attached hydrogens (tertiary/aromatic N) is 1. The molecule has 14 heavy (non-hydrogen) atoms. The van der Waals surface area contributed by atoms with Crippen LogP contribution in [0.2, 0.25) is 0 Å². The molecule has 4 heteroatoms. The van der Waals surface area contributed by atoms with Crippen LogP contribution in [0.15, 0.2) is 0 Å². The molecule has 1 heterocycles. The van der Waals surface area contributed by atoms with Gasteiger partial charge in [-0.25, -0.2) is 0 Å². The summed E-state index contributed by atoms with van der Waals surface area (Å²) in [4.78, 5) is 3.21. The third kappa shape index (κ3) is 3.75. The molecule has 82 valence electrons. The molecule has 2 unspecified atom stereocenters. The van der Waals surface area contributed by atoms with Crippen LogP contribution in [-0.4, -0.2) is 40.0 Å². The van der Waals surface area contributed by atoms with Crippen molar-refractivity contribution in [3.8, 4) is 0 Å². The van der Waals surface area contributed by atoms with Crippen LogP contribution in [0, 0.1) is 0 Å². The Hall–Kier alpha value is 0.200. The zero-order valence-corrected chi connectivity index (χ0v) is 10.7. The summed E-state index contributed by atoms with van der Waals surface area (Å²) in [6, 6.07) is 0.695. The van der Waals surface area contributed by atoms with E-state index in [4.69, 9.17) is 18.0 Å². The molecule has 0 aromatic carbocycles. The molecule has 2 atom stereocenters. The second-order valence-corrected chi connectivity index (χ2v) is 5.93. The van der Waals surface area contributed by atoms with E-state index in [-0.39, 0.29) is 0 Å². The Morgan fingerprint density at radius 1 is 1.57 bits per heavy atom. The van der Waals surface area contributed by atoms with E-state index in [0.29, 0.717) is 11.0 Å². The third-order valence-corrected chi connectivity index (χ3v) is 4.43. The highest BCUT2D eigenvalue weighted by molar-refractivity contribution is 8.00. The van der Waals surface area contributed by atoms with Crippen LogP contribution >= 0.6 is 24.0 Å². The van der Waals surface area contributed by atoms with E-state index in [2.05, 4.69) is 30.5 Å². The second-order valence-electron chi connectivity index (χ2n) is 3.92. The van der Waals surface area contributed by atoms with Gasteiger partial charge in [0.2, 0.25) is 0 Å². The van der Waals surface area contributed by atoms with Gasteiger partial charge < -0.3 is 5.73 Å². The lowest BCUT2D eigenvalue weighted by Crippen LogP contribution is -2.45. The maximum absolute atomic E-state index is 5.48. The first-order valence-corrected chi connectivity index (χ1v) is 6.71. The standard InChI is InChI=1S/C10H20N2S2/c1-8-9(2)14-7-6-12(8)5-3-4-10(11)13/h8-9H,3-7H2,1-2H3,(H2,11,13). The van der Waals surface area contributed by atoms with Crippen molar-refractivity contribution >= 4 is 29.0 Å². The minimum Gasteiger partial charge on any atom is -0.393 e. The molecule has 0 aromatic heterocycles. The van der Waals surface area contributed by atoms with Crippen LogP contribution in [0.25, 0.3) is 0 Å². The number of hydrogen-bond acceptors (Lipinski definition) is 3. The minimum absolute atomic E-state index is 0.650. The second kappa shape index (κ2) is 5.93. The smallest absolute Gasteiger partial charge is 0.0727 e. The quantitative estimate of drug-likeness (QED) is 0.750. The first kappa shape index (κ1) is 12.3. The maximum Gasteiger partial charge on any atom is 0.0727 e. The number of hydrogen-bond donors (Lipinski definition) is 1. The predicted octanol–water partition coefficient (Wildman–Crippen LogP) is 1.88. The Morgan fingerprint density at radius 3 is 2.93 bits per heavy atom. The molecule has 0 radical (unpaired) electrons. The Labute approximate surface area is 96.6 Å². The van der Waals surface area contributed by atoms with Gasteiger partial charge in [-0.3, -0.25) is 4.90 Å². The monoisotopic (exact) mass is 232 g/mol. The molecule has 1 saturated heterocycles. The maximum atomic E-state index is 5.48. The summed E-state index contributed by atoms with van der Waals surface area (Å²) in [5.41, 5.74) is 5.48. The summed E-state index contributed by atoms with van der Waals surface area (Å²) in [5.74, 6) is 1.26. The van der Waals surface area contributed by atoms with Gasteiger partial charge in [0.25, 0.3) is 0 Å². The van der Waals surface area contributed by atoms with Gasteiger partial charge in [-0.2, -0.15) is 11.8 Å². The van der Waals surface area contributed by atoms with E-state index >= 15 is 0 Å². The number of rotatable bonds is 4. The molecule has 2 N–H and O–H groups in total. The van der Waals surface area contributed by atoms with E-state index in [9.17, 15) is 0 Å². The van der Waals surface area contributed by atoms with E-state index in [1.807, 2.05) is 0 Å². The average molecular weight is 232 g/mol. The lowest BCUT2D eigenvalue weighted by Gasteiger charge is -2.37. The highest BCUT2D eigenvalue weighted by atomic mass is 32.2. The van der Waals surface area contributed by atoms with Crippen molar-refractivity contribution in [1.82, 2.24) is 4.90 Å². The molecule has 2 nitrogen and oxygen atoms in total. The minimum atomic E-state index is 0.650. The highest BCUT2D eigenvalue weighted by Crippen LogP contribution is 2.24. The molecule has 0 bridgehead atoms. The van der Waals surface area contributed by atoms with Crippen molar-refractivity contribution in [2.75, 3.05) is 18.8 Å². The molecular weight excluding hydrogens is 212 g/mol. The number of thioether (sulfide) groups is 1. The Balaban J connectivity index is 2.25. The summed E-state index contributed by atoms with van der Waals surface area (Å²) in [6.07, 6.45) is 2.00. The van der Waals surface area contributed by atoms with Crippen LogP contribution in [0.5, 0.6) is 0 Å². The lowest BCUT2D eigenvalue weighted by atomic mass is 10.2. The summed E-state index contributed by atoms with van der Waals surface area (Å²) < 4.78 is 0. The van der Waals surface area contributed by atoms with Crippen molar-refractivity contribution in [3.05, 3.63) is 0 Å². The Morgan fingerprint density at radius 2 is 2.29 bits per heavy atom. The Bertz CT molecular complexity index is 197. The van der Waals surface area contributed by atoms with Crippen molar-refractivity contribution in [3.63, 3.8) is 0 Å². The van der Waals surface area contributed by atoms with Crippen LogP contribution in [0.3, 0.4) is 0 Å². The van der Waals surface area contributed by atoms with E-state index in [1.54, 1.807) is 0 Å². The topological polar surface area (TPSA) is 29.3 Å².